The van der Waals surface area contributed by atoms with Crippen LogP contribution in [0.1, 0.15) is 31.7 Å². The fraction of sp³-hybridized carbons (Fsp3) is 0.600. The molecular weight excluding hydrogens is 288 g/mol. The van der Waals surface area contributed by atoms with Gasteiger partial charge in [0.05, 0.1) is 0 Å². The number of nitrogens with two attached hydrogens (primary N) is 1. The standard InChI is InChI=1S/C15H23BrN2/c1-12-3-2-9-18(10-7-12)15-5-4-14(16)11-13(15)6-8-17/h4-5,11-12H,2-3,6-10,17H2,1H3. The van der Waals surface area contributed by atoms with Gasteiger partial charge in [0.25, 0.3) is 0 Å². The molecule has 0 spiro atoms. The van der Waals surface area contributed by atoms with Crippen LogP contribution < -0.4 is 10.6 Å². The molecule has 18 heavy (non-hydrogen) atoms. The summed E-state index contributed by atoms with van der Waals surface area (Å²) in [4.78, 5) is 2.54. The highest BCUT2D eigenvalue weighted by Crippen LogP contribution is 2.28. The van der Waals surface area contributed by atoms with Gasteiger partial charge in [0.15, 0.2) is 0 Å². The second kappa shape index (κ2) is 6.58. The molecule has 1 aromatic rings. The molecule has 0 aromatic heterocycles. The van der Waals surface area contributed by atoms with E-state index in [1.807, 2.05) is 0 Å². The van der Waals surface area contributed by atoms with Gasteiger partial charge in [-0.1, -0.05) is 22.9 Å². The van der Waals surface area contributed by atoms with Crippen molar-refractivity contribution >= 4 is 21.6 Å². The molecule has 0 amide bonds. The van der Waals surface area contributed by atoms with Gasteiger partial charge in [-0.15, -0.1) is 0 Å². The number of anilines is 1. The van der Waals surface area contributed by atoms with E-state index in [4.69, 9.17) is 5.73 Å². The minimum atomic E-state index is 0.716. The summed E-state index contributed by atoms with van der Waals surface area (Å²) in [6.45, 7) is 5.45. The lowest BCUT2D eigenvalue weighted by Crippen LogP contribution is -2.25. The van der Waals surface area contributed by atoms with Gasteiger partial charge in [-0.25, -0.2) is 0 Å². The van der Waals surface area contributed by atoms with Gasteiger partial charge in [-0.3, -0.25) is 0 Å². The predicted molar refractivity (Wildman–Crippen MR) is 82.1 cm³/mol. The van der Waals surface area contributed by atoms with Crippen molar-refractivity contribution in [3.8, 4) is 0 Å². The zero-order valence-corrected chi connectivity index (χ0v) is 12.7. The van der Waals surface area contributed by atoms with Gasteiger partial charge in [0.2, 0.25) is 0 Å². The summed E-state index contributed by atoms with van der Waals surface area (Å²) >= 11 is 3.56. The first-order valence-corrected chi connectivity index (χ1v) is 7.73. The van der Waals surface area contributed by atoms with Crippen LogP contribution in [0.2, 0.25) is 0 Å². The zero-order chi connectivity index (χ0) is 13.0. The molecule has 3 heteroatoms. The van der Waals surface area contributed by atoms with E-state index in [0.29, 0.717) is 6.54 Å². The van der Waals surface area contributed by atoms with Crippen molar-refractivity contribution in [3.63, 3.8) is 0 Å². The average molecular weight is 311 g/mol. The van der Waals surface area contributed by atoms with E-state index < -0.39 is 0 Å². The molecule has 1 unspecified atom stereocenters. The molecule has 1 aromatic carbocycles. The Morgan fingerprint density at radius 1 is 1.33 bits per heavy atom. The van der Waals surface area contributed by atoms with Crippen molar-refractivity contribution in [1.82, 2.24) is 0 Å². The van der Waals surface area contributed by atoms with Crippen molar-refractivity contribution in [2.24, 2.45) is 11.7 Å². The van der Waals surface area contributed by atoms with E-state index in [0.717, 1.165) is 16.8 Å². The summed E-state index contributed by atoms with van der Waals surface area (Å²) < 4.78 is 1.15. The molecule has 1 heterocycles. The van der Waals surface area contributed by atoms with Crippen LogP contribution >= 0.6 is 15.9 Å². The van der Waals surface area contributed by atoms with E-state index >= 15 is 0 Å². The third kappa shape index (κ3) is 3.48. The molecule has 0 radical (unpaired) electrons. The van der Waals surface area contributed by atoms with Crippen molar-refractivity contribution in [2.75, 3.05) is 24.5 Å². The summed E-state index contributed by atoms with van der Waals surface area (Å²) in [7, 11) is 0. The van der Waals surface area contributed by atoms with Crippen molar-refractivity contribution in [3.05, 3.63) is 28.2 Å². The first-order chi connectivity index (χ1) is 8.70. The fourth-order valence-corrected chi connectivity index (χ4v) is 3.13. The normalized spacial score (nSPS) is 20.8. The number of rotatable bonds is 3. The Labute approximate surface area is 119 Å². The highest BCUT2D eigenvalue weighted by atomic mass is 79.9. The quantitative estimate of drug-likeness (QED) is 0.924. The molecule has 1 fully saturated rings. The molecular formula is C15H23BrN2. The third-order valence-corrected chi connectivity index (χ3v) is 4.31. The van der Waals surface area contributed by atoms with E-state index in [1.165, 1.54) is 43.6 Å². The lowest BCUT2D eigenvalue weighted by atomic mass is 10.0. The van der Waals surface area contributed by atoms with Crippen LogP contribution in [0, 0.1) is 5.92 Å². The van der Waals surface area contributed by atoms with Crippen LogP contribution in [0.4, 0.5) is 5.69 Å². The number of hydrogen-bond donors (Lipinski definition) is 1. The second-order valence-electron chi connectivity index (χ2n) is 5.33. The summed E-state index contributed by atoms with van der Waals surface area (Å²) in [6, 6.07) is 6.60. The molecule has 1 aliphatic rings. The second-order valence-corrected chi connectivity index (χ2v) is 6.25. The molecule has 2 rings (SSSR count). The summed E-state index contributed by atoms with van der Waals surface area (Å²) in [5.74, 6) is 0.864. The zero-order valence-electron chi connectivity index (χ0n) is 11.2. The highest BCUT2D eigenvalue weighted by molar-refractivity contribution is 9.10. The lowest BCUT2D eigenvalue weighted by molar-refractivity contribution is 0.521. The van der Waals surface area contributed by atoms with Crippen LogP contribution in [-0.2, 0) is 6.42 Å². The minimum absolute atomic E-state index is 0.716. The van der Waals surface area contributed by atoms with Gasteiger partial charge in [0, 0.05) is 23.2 Å². The molecule has 0 bridgehead atoms. The number of halogens is 1. The fourth-order valence-electron chi connectivity index (χ4n) is 2.72. The molecule has 1 aliphatic heterocycles. The van der Waals surface area contributed by atoms with Gasteiger partial charge < -0.3 is 10.6 Å². The van der Waals surface area contributed by atoms with E-state index in [2.05, 4.69) is 46.0 Å². The largest absolute Gasteiger partial charge is 0.371 e. The van der Waals surface area contributed by atoms with Crippen molar-refractivity contribution in [1.29, 1.82) is 0 Å². The summed E-state index contributed by atoms with van der Waals surface area (Å²) in [5.41, 5.74) is 8.49. The van der Waals surface area contributed by atoms with Crippen LogP contribution in [0.15, 0.2) is 22.7 Å². The Morgan fingerprint density at radius 2 is 2.17 bits per heavy atom. The Kier molecular flexibility index (Phi) is 5.07. The Bertz CT molecular complexity index is 392. The highest BCUT2D eigenvalue weighted by Gasteiger charge is 2.16. The third-order valence-electron chi connectivity index (χ3n) is 3.81. The van der Waals surface area contributed by atoms with Crippen molar-refractivity contribution < 1.29 is 0 Å². The maximum absolute atomic E-state index is 5.73. The van der Waals surface area contributed by atoms with Crippen molar-refractivity contribution in [2.45, 2.75) is 32.6 Å². The van der Waals surface area contributed by atoms with Crippen LogP contribution in [-0.4, -0.2) is 19.6 Å². The SMILES string of the molecule is CC1CCCN(c2ccc(Br)cc2CCN)CC1. The van der Waals surface area contributed by atoms with E-state index in [9.17, 15) is 0 Å². The molecule has 2 nitrogen and oxygen atoms in total. The molecule has 100 valence electrons. The Morgan fingerprint density at radius 3 is 2.94 bits per heavy atom. The number of benzene rings is 1. The Balaban J connectivity index is 2.20. The molecule has 2 N–H and O–H groups in total. The molecule has 0 saturated carbocycles. The van der Waals surface area contributed by atoms with Gasteiger partial charge in [-0.05, 0) is 61.9 Å². The summed E-state index contributed by atoms with van der Waals surface area (Å²) in [6.07, 6.45) is 4.93. The van der Waals surface area contributed by atoms with Crippen LogP contribution in [0.25, 0.3) is 0 Å². The topological polar surface area (TPSA) is 29.3 Å². The van der Waals surface area contributed by atoms with Gasteiger partial charge >= 0.3 is 0 Å². The average Bonchev–Trinajstić information content (AvgIpc) is 2.55. The molecule has 0 aliphatic carbocycles. The predicted octanol–water partition coefficient (Wildman–Crippen LogP) is 3.58. The molecule has 1 saturated heterocycles. The van der Waals surface area contributed by atoms with Crippen LogP contribution in [0.5, 0.6) is 0 Å². The molecule has 1 atom stereocenters. The first kappa shape index (κ1) is 13.9. The lowest BCUT2D eigenvalue weighted by Gasteiger charge is -2.25. The monoisotopic (exact) mass is 310 g/mol. The first-order valence-electron chi connectivity index (χ1n) is 6.94. The maximum Gasteiger partial charge on any atom is 0.0400 e. The summed E-state index contributed by atoms with van der Waals surface area (Å²) in [5, 5.41) is 0. The maximum atomic E-state index is 5.73. The van der Waals surface area contributed by atoms with Gasteiger partial charge in [-0.2, -0.15) is 0 Å². The number of hydrogen-bond acceptors (Lipinski definition) is 2. The van der Waals surface area contributed by atoms with Gasteiger partial charge in [0.1, 0.15) is 0 Å². The van der Waals surface area contributed by atoms with E-state index in [1.54, 1.807) is 0 Å². The van der Waals surface area contributed by atoms with Crippen LogP contribution in [0.3, 0.4) is 0 Å². The number of nitrogens with zero attached hydrogens (tertiary/aromatic N) is 1. The minimum Gasteiger partial charge on any atom is -0.371 e. The Hall–Kier alpha value is -0.540. The smallest absolute Gasteiger partial charge is 0.0400 e. The van der Waals surface area contributed by atoms with E-state index in [-0.39, 0.29) is 0 Å².